The van der Waals surface area contributed by atoms with E-state index in [9.17, 15) is 0 Å². The molecule has 0 atom stereocenters. The molecule has 0 saturated heterocycles. The highest BCUT2D eigenvalue weighted by molar-refractivity contribution is 6.42. The fourth-order valence-electron chi connectivity index (χ4n) is 2.40. The van der Waals surface area contributed by atoms with E-state index in [0.717, 1.165) is 32.1 Å². The Kier molecular flexibility index (Phi) is 3.46. The number of hydrogen-bond donors (Lipinski definition) is 2. The van der Waals surface area contributed by atoms with E-state index in [2.05, 4.69) is 10.2 Å². The van der Waals surface area contributed by atoms with Crippen molar-refractivity contribution in [3.05, 3.63) is 59.1 Å². The summed E-state index contributed by atoms with van der Waals surface area (Å²) < 4.78 is 0. The van der Waals surface area contributed by atoms with Gasteiger partial charge in [0.1, 0.15) is 0 Å². The van der Waals surface area contributed by atoms with Crippen LogP contribution in [0.15, 0.2) is 58.7 Å². The molecule has 104 valence electrons. The lowest BCUT2D eigenvalue weighted by Crippen LogP contribution is -2.21. The average Bonchev–Trinajstić information content (AvgIpc) is 2.50. The summed E-state index contributed by atoms with van der Waals surface area (Å²) in [5.41, 5.74) is 11.5. The van der Waals surface area contributed by atoms with E-state index in [-0.39, 0.29) is 5.96 Å². The molecule has 0 amide bonds. The Bertz CT molecular complexity index is 823. The van der Waals surface area contributed by atoms with E-state index in [4.69, 9.17) is 23.1 Å². The van der Waals surface area contributed by atoms with Crippen LogP contribution in [0, 0.1) is 0 Å². The molecule has 0 bridgehead atoms. The second-order valence-electron chi connectivity index (χ2n) is 4.59. The SMILES string of the molecule is NC(N)=N/N=C\c1c2ccccc2c(Cl)c2ccccc12. The minimum atomic E-state index is -0.0752. The maximum atomic E-state index is 6.52. The smallest absolute Gasteiger partial charge is 0.211 e. The normalized spacial score (nSPS) is 11.3. The van der Waals surface area contributed by atoms with Crippen LogP contribution in [0.1, 0.15) is 5.56 Å². The van der Waals surface area contributed by atoms with Crippen molar-refractivity contribution in [2.45, 2.75) is 0 Å². The van der Waals surface area contributed by atoms with Gasteiger partial charge < -0.3 is 11.5 Å². The average molecular weight is 297 g/mol. The van der Waals surface area contributed by atoms with E-state index in [1.165, 1.54) is 0 Å². The minimum absolute atomic E-state index is 0.0752. The highest BCUT2D eigenvalue weighted by Gasteiger charge is 2.10. The highest BCUT2D eigenvalue weighted by atomic mass is 35.5. The van der Waals surface area contributed by atoms with Gasteiger partial charge >= 0.3 is 0 Å². The van der Waals surface area contributed by atoms with E-state index < -0.39 is 0 Å². The molecule has 3 aromatic rings. The maximum absolute atomic E-state index is 6.52. The molecule has 5 heteroatoms. The van der Waals surface area contributed by atoms with Crippen molar-refractivity contribution >= 4 is 45.3 Å². The third kappa shape index (κ3) is 2.41. The van der Waals surface area contributed by atoms with Gasteiger partial charge in [-0.1, -0.05) is 60.1 Å². The molecule has 4 nitrogen and oxygen atoms in total. The van der Waals surface area contributed by atoms with Gasteiger partial charge in [0, 0.05) is 16.3 Å². The topological polar surface area (TPSA) is 76.8 Å². The molecule has 3 rings (SSSR count). The predicted molar refractivity (Wildman–Crippen MR) is 89.9 cm³/mol. The monoisotopic (exact) mass is 296 g/mol. The summed E-state index contributed by atoms with van der Waals surface area (Å²) in [6.07, 6.45) is 1.65. The van der Waals surface area contributed by atoms with Crippen molar-refractivity contribution in [2.24, 2.45) is 21.7 Å². The molecule has 0 radical (unpaired) electrons. The Morgan fingerprint density at radius 3 is 1.81 bits per heavy atom. The Balaban J connectivity index is 2.40. The van der Waals surface area contributed by atoms with E-state index in [0.29, 0.717) is 0 Å². The first-order valence-corrected chi connectivity index (χ1v) is 6.77. The largest absolute Gasteiger partial charge is 0.369 e. The van der Waals surface area contributed by atoms with Gasteiger partial charge in [-0.15, -0.1) is 5.10 Å². The molecule has 0 heterocycles. The van der Waals surface area contributed by atoms with Gasteiger partial charge in [0.25, 0.3) is 0 Å². The first kappa shape index (κ1) is 13.4. The first-order chi connectivity index (χ1) is 10.2. The summed E-state index contributed by atoms with van der Waals surface area (Å²) >= 11 is 6.52. The summed E-state index contributed by atoms with van der Waals surface area (Å²) in [7, 11) is 0. The highest BCUT2D eigenvalue weighted by Crippen LogP contribution is 2.35. The number of fused-ring (bicyclic) bond motifs is 2. The fourth-order valence-corrected chi connectivity index (χ4v) is 2.73. The molecule has 0 aliphatic rings. The zero-order valence-corrected chi connectivity index (χ0v) is 11.9. The van der Waals surface area contributed by atoms with Gasteiger partial charge in [-0.25, -0.2) is 0 Å². The summed E-state index contributed by atoms with van der Waals surface area (Å²) in [4.78, 5) is 0. The lowest BCUT2D eigenvalue weighted by Gasteiger charge is -2.10. The van der Waals surface area contributed by atoms with Crippen LogP contribution in [0.2, 0.25) is 5.02 Å². The van der Waals surface area contributed by atoms with Crippen molar-refractivity contribution in [1.82, 2.24) is 0 Å². The molecule has 0 unspecified atom stereocenters. The number of rotatable bonds is 2. The molecule has 4 N–H and O–H groups in total. The van der Waals surface area contributed by atoms with Crippen molar-refractivity contribution < 1.29 is 0 Å². The lowest BCUT2D eigenvalue weighted by molar-refractivity contribution is 1.22. The molecule has 0 spiro atoms. The minimum Gasteiger partial charge on any atom is -0.369 e. The van der Waals surface area contributed by atoms with Gasteiger partial charge in [0.15, 0.2) is 0 Å². The van der Waals surface area contributed by atoms with Gasteiger partial charge in [0.05, 0.1) is 11.2 Å². The number of guanidine groups is 1. The number of halogens is 1. The molecule has 21 heavy (non-hydrogen) atoms. The van der Waals surface area contributed by atoms with Crippen molar-refractivity contribution in [3.8, 4) is 0 Å². The van der Waals surface area contributed by atoms with Crippen LogP contribution in [0.3, 0.4) is 0 Å². The van der Waals surface area contributed by atoms with Crippen LogP contribution in [0.4, 0.5) is 0 Å². The van der Waals surface area contributed by atoms with Crippen LogP contribution in [0.5, 0.6) is 0 Å². The number of nitrogens with zero attached hydrogens (tertiary/aromatic N) is 2. The van der Waals surface area contributed by atoms with Gasteiger partial charge in [-0.05, 0) is 10.8 Å². The number of hydrogen-bond acceptors (Lipinski definition) is 2. The summed E-state index contributed by atoms with van der Waals surface area (Å²) in [5.74, 6) is -0.0752. The first-order valence-electron chi connectivity index (χ1n) is 6.39. The number of nitrogens with two attached hydrogens (primary N) is 2. The third-order valence-electron chi connectivity index (χ3n) is 3.27. The van der Waals surface area contributed by atoms with Gasteiger partial charge in [-0.2, -0.15) is 5.10 Å². The van der Waals surface area contributed by atoms with E-state index in [1.54, 1.807) is 6.21 Å². The van der Waals surface area contributed by atoms with E-state index in [1.807, 2.05) is 48.5 Å². The van der Waals surface area contributed by atoms with Gasteiger partial charge in [0.2, 0.25) is 5.96 Å². The lowest BCUT2D eigenvalue weighted by atomic mass is 9.97. The molecule has 3 aromatic carbocycles. The molecular formula is C16H13ClN4. The van der Waals surface area contributed by atoms with Crippen molar-refractivity contribution in [3.63, 3.8) is 0 Å². The Morgan fingerprint density at radius 2 is 1.33 bits per heavy atom. The van der Waals surface area contributed by atoms with Crippen LogP contribution < -0.4 is 11.5 Å². The zero-order chi connectivity index (χ0) is 14.8. The van der Waals surface area contributed by atoms with Gasteiger partial charge in [-0.3, -0.25) is 0 Å². The second kappa shape index (κ2) is 5.42. The molecular weight excluding hydrogens is 284 g/mol. The fraction of sp³-hybridized carbons (Fsp3) is 0. The molecule has 0 aliphatic heterocycles. The van der Waals surface area contributed by atoms with Crippen LogP contribution in [-0.4, -0.2) is 12.2 Å². The van der Waals surface area contributed by atoms with Crippen molar-refractivity contribution in [2.75, 3.05) is 0 Å². The summed E-state index contributed by atoms with van der Waals surface area (Å²) in [6.45, 7) is 0. The second-order valence-corrected chi connectivity index (χ2v) is 4.97. The quantitative estimate of drug-likeness (QED) is 0.329. The Labute approximate surface area is 126 Å². The Morgan fingerprint density at radius 1 is 0.857 bits per heavy atom. The number of benzene rings is 3. The molecule has 0 aliphatic carbocycles. The van der Waals surface area contributed by atoms with Crippen LogP contribution in [-0.2, 0) is 0 Å². The Hall–Kier alpha value is -2.59. The predicted octanol–water partition coefficient (Wildman–Crippen LogP) is 3.25. The van der Waals surface area contributed by atoms with Crippen molar-refractivity contribution in [1.29, 1.82) is 0 Å². The maximum Gasteiger partial charge on any atom is 0.211 e. The van der Waals surface area contributed by atoms with Crippen LogP contribution in [0.25, 0.3) is 21.5 Å². The molecule has 0 saturated carbocycles. The summed E-state index contributed by atoms with van der Waals surface area (Å²) in [6, 6.07) is 15.8. The molecule has 0 fully saturated rings. The van der Waals surface area contributed by atoms with E-state index >= 15 is 0 Å². The zero-order valence-electron chi connectivity index (χ0n) is 11.1. The standard InChI is InChI=1S/C16H13ClN4/c17-15-12-7-3-1-5-10(12)14(9-20-21-16(18)19)11-6-2-4-8-13(11)15/h1-9H,(H4,18,19,21)/b20-9-. The molecule has 0 aromatic heterocycles. The third-order valence-corrected chi connectivity index (χ3v) is 3.67. The van der Waals surface area contributed by atoms with Crippen LogP contribution >= 0.6 is 11.6 Å². The summed E-state index contributed by atoms with van der Waals surface area (Å²) in [5, 5.41) is 12.3.